The van der Waals surface area contributed by atoms with Crippen molar-refractivity contribution >= 4 is 12.0 Å². The Balaban J connectivity index is 2.24. The number of aliphatic hydroxyl groups is 1. The van der Waals surface area contributed by atoms with Gasteiger partial charge < -0.3 is 5.11 Å². The molecule has 1 N–H and O–H groups in total. The van der Waals surface area contributed by atoms with E-state index in [0.29, 0.717) is 12.0 Å². The number of rotatable bonds is 0. The maximum Gasteiger partial charge on any atom is 0.172 e. The van der Waals surface area contributed by atoms with E-state index in [-0.39, 0.29) is 17.7 Å². The summed E-state index contributed by atoms with van der Waals surface area (Å²) in [5.41, 5.74) is 0.531. The molecule has 0 amide bonds. The van der Waals surface area contributed by atoms with Gasteiger partial charge >= 0.3 is 0 Å². The molecule has 0 aromatic heterocycles. The highest BCUT2D eigenvalue weighted by Crippen LogP contribution is 2.30. The second-order valence-electron chi connectivity index (χ2n) is 3.49. The van der Waals surface area contributed by atoms with Crippen molar-refractivity contribution in [2.75, 3.05) is 7.05 Å². The number of hydrogen-bond donors (Lipinski definition) is 1. The third kappa shape index (κ3) is 1.13. The zero-order valence-corrected chi connectivity index (χ0v) is 7.47. The monoisotopic (exact) mass is 180 g/mol. The van der Waals surface area contributed by atoms with Gasteiger partial charge in [0.1, 0.15) is 0 Å². The Morgan fingerprint density at radius 2 is 2.54 bits per heavy atom. The van der Waals surface area contributed by atoms with Gasteiger partial charge in [-0.15, -0.1) is 0 Å². The molecule has 2 rings (SSSR count). The Hall–Kier alpha value is -1.32. The van der Waals surface area contributed by atoms with Gasteiger partial charge in [0.25, 0.3) is 0 Å². The molecule has 1 aliphatic carbocycles. The maximum atomic E-state index is 11.6. The van der Waals surface area contributed by atoms with Crippen molar-refractivity contribution in [2.24, 2.45) is 11.0 Å². The van der Waals surface area contributed by atoms with Crippen molar-refractivity contribution in [2.45, 2.75) is 18.9 Å². The smallest absolute Gasteiger partial charge is 0.172 e. The number of ketones is 1. The van der Waals surface area contributed by atoms with Crippen LogP contribution in [0.25, 0.3) is 0 Å². The van der Waals surface area contributed by atoms with Crippen molar-refractivity contribution in [3.05, 3.63) is 11.8 Å². The van der Waals surface area contributed by atoms with Crippen LogP contribution in [-0.4, -0.2) is 35.2 Å². The van der Waals surface area contributed by atoms with Crippen LogP contribution in [0.15, 0.2) is 16.9 Å². The summed E-state index contributed by atoms with van der Waals surface area (Å²) in [5, 5.41) is 14.7. The minimum absolute atomic E-state index is 0.0202. The number of aliphatic hydroxyl groups excluding tert-OH is 1. The average Bonchev–Trinajstić information content (AvgIpc) is 2.50. The molecule has 1 aliphatic heterocycles. The Bertz CT molecular complexity index is 296. The Morgan fingerprint density at radius 1 is 1.77 bits per heavy atom. The van der Waals surface area contributed by atoms with Gasteiger partial charge in [-0.05, 0) is 12.8 Å². The fourth-order valence-electron chi connectivity index (χ4n) is 1.97. The number of carbonyl (C=O) groups is 1. The Labute approximate surface area is 76.5 Å². The average molecular weight is 180 g/mol. The first-order valence-electron chi connectivity index (χ1n) is 4.38. The summed E-state index contributed by atoms with van der Waals surface area (Å²) in [6.45, 7) is 0. The first kappa shape index (κ1) is 8.29. The summed E-state index contributed by atoms with van der Waals surface area (Å²) < 4.78 is 0. The van der Waals surface area contributed by atoms with Crippen molar-refractivity contribution in [1.29, 1.82) is 0 Å². The van der Waals surface area contributed by atoms with Crippen molar-refractivity contribution in [3.8, 4) is 0 Å². The second kappa shape index (κ2) is 2.87. The summed E-state index contributed by atoms with van der Waals surface area (Å²) in [7, 11) is 1.88. The third-order valence-electron chi connectivity index (χ3n) is 2.79. The Kier molecular flexibility index (Phi) is 1.83. The number of hydrazone groups is 1. The van der Waals surface area contributed by atoms with Crippen molar-refractivity contribution in [1.82, 2.24) is 5.01 Å². The molecule has 1 fully saturated rings. The molecule has 2 atom stereocenters. The molecule has 0 aromatic rings. The van der Waals surface area contributed by atoms with E-state index in [9.17, 15) is 4.79 Å². The lowest BCUT2D eigenvalue weighted by molar-refractivity contribution is -0.119. The van der Waals surface area contributed by atoms with Crippen molar-refractivity contribution in [3.63, 3.8) is 0 Å². The molecule has 0 aromatic carbocycles. The quantitative estimate of drug-likeness (QED) is 0.441. The van der Waals surface area contributed by atoms with Crippen LogP contribution >= 0.6 is 0 Å². The molecule has 1 saturated carbocycles. The van der Waals surface area contributed by atoms with Gasteiger partial charge in [-0.3, -0.25) is 9.80 Å². The molecule has 0 saturated heterocycles. The van der Waals surface area contributed by atoms with Gasteiger partial charge in [0.2, 0.25) is 0 Å². The number of nitrogens with zero attached hydrogens (tertiary/aromatic N) is 2. The molecule has 70 valence electrons. The van der Waals surface area contributed by atoms with Crippen LogP contribution in [0.5, 0.6) is 0 Å². The fourth-order valence-corrected chi connectivity index (χ4v) is 1.97. The summed E-state index contributed by atoms with van der Waals surface area (Å²) in [4.78, 5) is 11.6. The SMILES string of the molecule is CN1N=CC2C(=O)/C(=C/O)CCC21. The molecule has 4 nitrogen and oxygen atoms in total. The number of Topliss-reactive ketones (excluding diaryl/α,β-unsaturated/α-hetero) is 1. The van der Waals surface area contributed by atoms with Crippen LogP contribution in [0, 0.1) is 5.92 Å². The lowest BCUT2D eigenvalue weighted by Crippen LogP contribution is -2.38. The van der Waals surface area contributed by atoms with Gasteiger partial charge in [0, 0.05) is 18.8 Å². The minimum atomic E-state index is -0.142. The first-order chi connectivity index (χ1) is 6.24. The molecule has 4 heteroatoms. The zero-order chi connectivity index (χ0) is 9.42. The second-order valence-corrected chi connectivity index (χ2v) is 3.49. The summed E-state index contributed by atoms with van der Waals surface area (Å²) >= 11 is 0. The van der Waals surface area contributed by atoms with Crippen LogP contribution in [-0.2, 0) is 4.79 Å². The molecule has 2 aliphatic rings. The lowest BCUT2D eigenvalue weighted by Gasteiger charge is -2.28. The molecule has 0 spiro atoms. The van der Waals surface area contributed by atoms with Crippen LogP contribution in [0.2, 0.25) is 0 Å². The van der Waals surface area contributed by atoms with Crippen LogP contribution < -0.4 is 0 Å². The van der Waals surface area contributed by atoms with E-state index in [4.69, 9.17) is 5.11 Å². The number of hydrogen-bond acceptors (Lipinski definition) is 4. The third-order valence-corrected chi connectivity index (χ3v) is 2.79. The minimum Gasteiger partial charge on any atom is -0.515 e. The first-order valence-corrected chi connectivity index (χ1v) is 4.38. The standard InChI is InChI=1S/C9H12N2O2/c1-11-8-3-2-6(5-12)9(13)7(8)4-10-11/h4-5,7-8,12H,2-3H2,1H3/b6-5+. The van der Waals surface area contributed by atoms with E-state index < -0.39 is 0 Å². The molecular weight excluding hydrogens is 168 g/mol. The van der Waals surface area contributed by atoms with Gasteiger partial charge in [0.05, 0.1) is 18.2 Å². The van der Waals surface area contributed by atoms with E-state index in [0.717, 1.165) is 12.7 Å². The van der Waals surface area contributed by atoms with Crippen LogP contribution in [0.4, 0.5) is 0 Å². The normalized spacial score (nSPS) is 35.6. The number of fused-ring (bicyclic) bond motifs is 1. The number of allylic oxidation sites excluding steroid dienone is 1. The topological polar surface area (TPSA) is 52.9 Å². The highest BCUT2D eigenvalue weighted by molar-refractivity contribution is 6.07. The fraction of sp³-hybridized carbons (Fsp3) is 0.556. The van der Waals surface area contributed by atoms with Gasteiger partial charge in [-0.2, -0.15) is 5.10 Å². The highest BCUT2D eigenvalue weighted by atomic mass is 16.2. The molecule has 13 heavy (non-hydrogen) atoms. The van der Waals surface area contributed by atoms with Gasteiger partial charge in [-0.1, -0.05) is 0 Å². The summed E-state index contributed by atoms with van der Waals surface area (Å²) in [5.74, 6) is -0.121. The predicted molar refractivity (Wildman–Crippen MR) is 48.5 cm³/mol. The lowest BCUT2D eigenvalue weighted by atomic mass is 9.82. The van der Waals surface area contributed by atoms with E-state index in [1.807, 2.05) is 12.1 Å². The van der Waals surface area contributed by atoms with E-state index in [1.54, 1.807) is 6.21 Å². The van der Waals surface area contributed by atoms with Crippen molar-refractivity contribution < 1.29 is 9.90 Å². The van der Waals surface area contributed by atoms with Crippen LogP contribution in [0.3, 0.4) is 0 Å². The largest absolute Gasteiger partial charge is 0.515 e. The van der Waals surface area contributed by atoms with Gasteiger partial charge in [0.15, 0.2) is 5.78 Å². The molecule has 1 heterocycles. The Morgan fingerprint density at radius 3 is 3.23 bits per heavy atom. The summed E-state index contributed by atoms with van der Waals surface area (Å²) in [6.07, 6.45) is 4.16. The maximum absolute atomic E-state index is 11.6. The zero-order valence-electron chi connectivity index (χ0n) is 7.47. The van der Waals surface area contributed by atoms with E-state index in [1.165, 1.54) is 0 Å². The van der Waals surface area contributed by atoms with Crippen LogP contribution in [0.1, 0.15) is 12.8 Å². The predicted octanol–water partition coefficient (Wildman–Crippen LogP) is 0.707. The molecule has 0 radical (unpaired) electrons. The summed E-state index contributed by atoms with van der Waals surface area (Å²) in [6, 6.07) is 0.205. The van der Waals surface area contributed by atoms with E-state index >= 15 is 0 Å². The molecule has 2 unspecified atom stereocenters. The number of carbonyl (C=O) groups excluding carboxylic acids is 1. The molecular formula is C9H12N2O2. The molecule has 0 bridgehead atoms. The van der Waals surface area contributed by atoms with E-state index in [2.05, 4.69) is 5.10 Å². The van der Waals surface area contributed by atoms with Gasteiger partial charge in [-0.25, -0.2) is 0 Å². The highest BCUT2D eigenvalue weighted by Gasteiger charge is 2.39.